The number of aromatic nitrogens is 2. The Hall–Kier alpha value is -1.81. The van der Waals surface area contributed by atoms with Crippen LogP contribution in [0.4, 0.5) is 0 Å². The summed E-state index contributed by atoms with van der Waals surface area (Å²) < 4.78 is 5.24. The van der Waals surface area contributed by atoms with E-state index in [1.807, 2.05) is 24.4 Å². The van der Waals surface area contributed by atoms with E-state index in [2.05, 4.69) is 35.2 Å². The number of H-pyrrole nitrogens is 1. The highest BCUT2D eigenvalue weighted by Crippen LogP contribution is 2.21. The molecule has 2 N–H and O–H groups in total. The number of nitrogens with zero attached hydrogens (tertiary/aromatic N) is 1. The summed E-state index contributed by atoms with van der Waals surface area (Å²) in [6, 6.07) is 8.51. The number of methoxy groups -OCH3 is 1. The number of imidazole rings is 1. The van der Waals surface area contributed by atoms with Gasteiger partial charge in [-0.1, -0.05) is 12.1 Å². The summed E-state index contributed by atoms with van der Waals surface area (Å²) in [5.74, 6) is 1.83. The average Bonchev–Trinajstić information content (AvgIpc) is 2.92. The number of hydrogen-bond donors (Lipinski definition) is 2. The predicted octanol–water partition coefficient (Wildman–Crippen LogP) is 2.83. The van der Waals surface area contributed by atoms with Gasteiger partial charge in [0, 0.05) is 18.4 Å². The number of rotatable bonds is 5. The first kappa shape index (κ1) is 12.6. The van der Waals surface area contributed by atoms with Crippen molar-refractivity contribution in [2.75, 3.05) is 7.11 Å². The number of ether oxygens (including phenoxy) is 1. The molecular formula is C14H19N3O. The maximum absolute atomic E-state index is 5.24. The van der Waals surface area contributed by atoms with Crippen LogP contribution in [-0.2, 0) is 0 Å². The van der Waals surface area contributed by atoms with Crippen LogP contribution in [0.2, 0.25) is 0 Å². The summed E-state index contributed by atoms with van der Waals surface area (Å²) in [7, 11) is 1.68. The minimum Gasteiger partial charge on any atom is -0.497 e. The smallest absolute Gasteiger partial charge is 0.122 e. The maximum atomic E-state index is 5.24. The Morgan fingerprint density at radius 3 is 2.78 bits per heavy atom. The lowest BCUT2D eigenvalue weighted by molar-refractivity contribution is 0.412. The third-order valence-electron chi connectivity index (χ3n) is 3.02. The third-order valence-corrected chi connectivity index (χ3v) is 3.02. The molecule has 2 unspecified atom stereocenters. The van der Waals surface area contributed by atoms with Crippen LogP contribution in [0.1, 0.15) is 37.3 Å². The number of hydrogen-bond acceptors (Lipinski definition) is 3. The lowest BCUT2D eigenvalue weighted by Gasteiger charge is -2.19. The molecular weight excluding hydrogens is 226 g/mol. The van der Waals surface area contributed by atoms with Crippen molar-refractivity contribution in [1.29, 1.82) is 0 Å². The van der Waals surface area contributed by atoms with Gasteiger partial charge in [0.2, 0.25) is 0 Å². The van der Waals surface area contributed by atoms with Gasteiger partial charge in [-0.05, 0) is 31.5 Å². The lowest BCUT2D eigenvalue weighted by atomic mass is 10.1. The Balaban J connectivity index is 2.04. The Kier molecular flexibility index (Phi) is 3.99. The molecule has 1 aromatic heterocycles. The monoisotopic (exact) mass is 245 g/mol. The molecule has 2 aromatic rings. The van der Waals surface area contributed by atoms with E-state index < -0.39 is 0 Å². The molecule has 0 fully saturated rings. The standard InChI is InChI=1S/C14H19N3O/c1-10(12-5-4-6-13(9-12)18-3)17-11(2)14-15-7-8-16-14/h4-11,17H,1-3H3,(H,15,16). The van der Waals surface area contributed by atoms with E-state index in [9.17, 15) is 0 Å². The fraction of sp³-hybridized carbons (Fsp3) is 0.357. The van der Waals surface area contributed by atoms with Crippen molar-refractivity contribution in [2.24, 2.45) is 0 Å². The highest BCUT2D eigenvalue weighted by molar-refractivity contribution is 5.30. The molecule has 0 saturated carbocycles. The highest BCUT2D eigenvalue weighted by Gasteiger charge is 2.12. The van der Waals surface area contributed by atoms with Crippen LogP contribution >= 0.6 is 0 Å². The van der Waals surface area contributed by atoms with Gasteiger partial charge in [-0.15, -0.1) is 0 Å². The molecule has 18 heavy (non-hydrogen) atoms. The van der Waals surface area contributed by atoms with Crippen molar-refractivity contribution in [2.45, 2.75) is 25.9 Å². The second-order valence-corrected chi connectivity index (χ2v) is 4.36. The summed E-state index contributed by atoms with van der Waals surface area (Å²) >= 11 is 0. The zero-order chi connectivity index (χ0) is 13.0. The van der Waals surface area contributed by atoms with E-state index in [0.717, 1.165) is 11.6 Å². The van der Waals surface area contributed by atoms with Crippen LogP contribution in [0, 0.1) is 0 Å². The molecule has 0 bridgehead atoms. The van der Waals surface area contributed by atoms with Gasteiger partial charge in [-0.2, -0.15) is 0 Å². The van der Waals surface area contributed by atoms with E-state index in [0.29, 0.717) is 0 Å². The average molecular weight is 245 g/mol. The number of nitrogens with one attached hydrogen (secondary N) is 2. The summed E-state index contributed by atoms with van der Waals surface area (Å²) in [6.07, 6.45) is 3.60. The van der Waals surface area contributed by atoms with Crippen molar-refractivity contribution < 1.29 is 4.74 Å². The molecule has 4 nitrogen and oxygen atoms in total. The third kappa shape index (κ3) is 2.90. The molecule has 2 atom stereocenters. The molecule has 0 aliphatic rings. The zero-order valence-corrected chi connectivity index (χ0v) is 11.0. The van der Waals surface area contributed by atoms with Gasteiger partial charge in [0.05, 0.1) is 13.2 Å². The minimum atomic E-state index is 0.182. The van der Waals surface area contributed by atoms with Crippen molar-refractivity contribution in [3.63, 3.8) is 0 Å². The van der Waals surface area contributed by atoms with E-state index in [1.54, 1.807) is 13.3 Å². The molecule has 0 spiro atoms. The summed E-state index contributed by atoms with van der Waals surface area (Å²) in [6.45, 7) is 4.23. The minimum absolute atomic E-state index is 0.182. The van der Waals surface area contributed by atoms with Gasteiger partial charge in [0.15, 0.2) is 0 Å². The predicted molar refractivity (Wildman–Crippen MR) is 71.5 cm³/mol. The Labute approximate surface area is 107 Å². The topological polar surface area (TPSA) is 49.9 Å². The summed E-state index contributed by atoms with van der Waals surface area (Å²) in [5, 5.41) is 3.50. The summed E-state index contributed by atoms with van der Waals surface area (Å²) in [4.78, 5) is 7.37. The quantitative estimate of drug-likeness (QED) is 0.851. The molecule has 1 aromatic carbocycles. The van der Waals surface area contributed by atoms with Crippen LogP contribution in [0.15, 0.2) is 36.7 Å². The largest absolute Gasteiger partial charge is 0.497 e. The van der Waals surface area contributed by atoms with E-state index in [1.165, 1.54) is 5.56 Å². The Bertz CT molecular complexity index is 482. The first-order valence-electron chi connectivity index (χ1n) is 6.10. The van der Waals surface area contributed by atoms with Crippen molar-refractivity contribution in [1.82, 2.24) is 15.3 Å². The molecule has 2 rings (SSSR count). The fourth-order valence-electron chi connectivity index (χ4n) is 1.98. The van der Waals surface area contributed by atoms with E-state index in [-0.39, 0.29) is 12.1 Å². The highest BCUT2D eigenvalue weighted by atomic mass is 16.5. The number of benzene rings is 1. The normalized spacial score (nSPS) is 14.2. The second kappa shape index (κ2) is 5.69. The van der Waals surface area contributed by atoms with Crippen molar-refractivity contribution >= 4 is 0 Å². The van der Waals surface area contributed by atoms with Crippen LogP contribution in [-0.4, -0.2) is 17.1 Å². The van der Waals surface area contributed by atoms with Crippen LogP contribution in [0.5, 0.6) is 5.75 Å². The molecule has 1 heterocycles. The molecule has 96 valence electrons. The van der Waals surface area contributed by atoms with Gasteiger partial charge >= 0.3 is 0 Å². The maximum Gasteiger partial charge on any atom is 0.122 e. The van der Waals surface area contributed by atoms with Crippen LogP contribution < -0.4 is 10.1 Å². The van der Waals surface area contributed by atoms with Crippen molar-refractivity contribution in [3.8, 4) is 5.75 Å². The first-order chi connectivity index (χ1) is 8.70. The van der Waals surface area contributed by atoms with Crippen molar-refractivity contribution in [3.05, 3.63) is 48.0 Å². The van der Waals surface area contributed by atoms with E-state index >= 15 is 0 Å². The fourth-order valence-corrected chi connectivity index (χ4v) is 1.98. The van der Waals surface area contributed by atoms with Crippen LogP contribution in [0.25, 0.3) is 0 Å². The Morgan fingerprint density at radius 1 is 1.28 bits per heavy atom. The summed E-state index contributed by atoms with van der Waals surface area (Å²) in [5.41, 5.74) is 1.20. The SMILES string of the molecule is COc1cccc(C(C)NC(C)c2ncc[nH]2)c1. The lowest BCUT2D eigenvalue weighted by Crippen LogP contribution is -2.23. The van der Waals surface area contributed by atoms with Gasteiger partial charge in [-0.3, -0.25) is 0 Å². The Morgan fingerprint density at radius 2 is 2.11 bits per heavy atom. The van der Waals surface area contributed by atoms with E-state index in [4.69, 9.17) is 4.74 Å². The first-order valence-corrected chi connectivity index (χ1v) is 6.10. The second-order valence-electron chi connectivity index (χ2n) is 4.36. The van der Waals surface area contributed by atoms with Gasteiger partial charge in [-0.25, -0.2) is 4.98 Å². The molecule has 0 aliphatic carbocycles. The van der Waals surface area contributed by atoms with Gasteiger partial charge in [0.25, 0.3) is 0 Å². The van der Waals surface area contributed by atoms with Gasteiger partial charge < -0.3 is 15.0 Å². The van der Waals surface area contributed by atoms with Crippen LogP contribution in [0.3, 0.4) is 0 Å². The molecule has 0 saturated heterocycles. The molecule has 0 aliphatic heterocycles. The van der Waals surface area contributed by atoms with Gasteiger partial charge in [0.1, 0.15) is 11.6 Å². The zero-order valence-electron chi connectivity index (χ0n) is 11.0. The molecule has 4 heteroatoms. The molecule has 0 amide bonds. The molecule has 0 radical (unpaired) electrons. The number of aromatic amines is 1.